The monoisotopic (exact) mass is 374 g/mol. The number of rotatable bonds is 2. The summed E-state index contributed by atoms with van der Waals surface area (Å²) in [6.45, 7) is 9.22. The quantitative estimate of drug-likeness (QED) is 0.695. The Morgan fingerprint density at radius 3 is 2.23 bits per heavy atom. The lowest BCUT2D eigenvalue weighted by Gasteiger charge is -2.38. The SMILES string of the molecule is C=C(c1ccc(C(F)(F)F)nc1)C1(F)CCN(C(=O)OC(C)(C)C)CC1. The number of pyridine rings is 1. The average molecular weight is 374 g/mol. The maximum absolute atomic E-state index is 15.2. The smallest absolute Gasteiger partial charge is 0.433 e. The van der Waals surface area contributed by atoms with Crippen LogP contribution in [-0.2, 0) is 10.9 Å². The van der Waals surface area contributed by atoms with Gasteiger partial charge in [-0.25, -0.2) is 9.18 Å². The van der Waals surface area contributed by atoms with Gasteiger partial charge in [-0.3, -0.25) is 4.98 Å². The summed E-state index contributed by atoms with van der Waals surface area (Å²) < 4.78 is 58.2. The van der Waals surface area contributed by atoms with Crippen LogP contribution >= 0.6 is 0 Å². The van der Waals surface area contributed by atoms with Gasteiger partial charge in [-0.15, -0.1) is 0 Å². The highest BCUT2D eigenvalue weighted by Gasteiger charge is 2.40. The Hall–Kier alpha value is -2.12. The van der Waals surface area contributed by atoms with Crippen molar-refractivity contribution in [3.63, 3.8) is 0 Å². The largest absolute Gasteiger partial charge is 0.444 e. The van der Waals surface area contributed by atoms with E-state index >= 15 is 4.39 Å². The third kappa shape index (κ3) is 4.74. The summed E-state index contributed by atoms with van der Waals surface area (Å²) in [5.74, 6) is 0. The highest BCUT2D eigenvalue weighted by atomic mass is 19.4. The van der Waals surface area contributed by atoms with Crippen molar-refractivity contribution >= 4 is 11.7 Å². The molecule has 1 aliphatic heterocycles. The van der Waals surface area contributed by atoms with Gasteiger partial charge in [0, 0.05) is 32.1 Å². The van der Waals surface area contributed by atoms with Crippen LogP contribution in [0.4, 0.5) is 22.4 Å². The van der Waals surface area contributed by atoms with Gasteiger partial charge < -0.3 is 9.64 Å². The molecule has 8 heteroatoms. The van der Waals surface area contributed by atoms with Crippen LogP contribution in [0.3, 0.4) is 0 Å². The molecule has 0 atom stereocenters. The van der Waals surface area contributed by atoms with Crippen molar-refractivity contribution in [2.24, 2.45) is 0 Å². The molecule has 0 aliphatic carbocycles. The molecule has 26 heavy (non-hydrogen) atoms. The standard InChI is InChI=1S/C18H22F4N2O2/c1-12(13-5-6-14(23-11-13)18(20,21)22)17(19)7-9-24(10-8-17)15(25)26-16(2,3)4/h5-6,11H,1,7-10H2,2-4H3. The maximum atomic E-state index is 15.2. The van der Waals surface area contributed by atoms with Gasteiger partial charge in [-0.1, -0.05) is 12.6 Å². The minimum atomic E-state index is -4.55. The number of carbonyl (C=O) groups excluding carboxylic acids is 1. The lowest BCUT2D eigenvalue weighted by atomic mass is 9.83. The van der Waals surface area contributed by atoms with E-state index in [9.17, 15) is 18.0 Å². The number of aromatic nitrogens is 1. The summed E-state index contributed by atoms with van der Waals surface area (Å²) >= 11 is 0. The van der Waals surface area contributed by atoms with Crippen molar-refractivity contribution in [1.82, 2.24) is 9.88 Å². The van der Waals surface area contributed by atoms with E-state index in [0.29, 0.717) is 0 Å². The molecule has 0 aromatic carbocycles. The molecule has 1 aromatic rings. The number of ether oxygens (including phenoxy) is 1. The van der Waals surface area contributed by atoms with Gasteiger partial charge in [0.2, 0.25) is 0 Å². The van der Waals surface area contributed by atoms with Crippen LogP contribution in [0.15, 0.2) is 24.9 Å². The van der Waals surface area contributed by atoms with Crippen LogP contribution in [0.5, 0.6) is 0 Å². The first-order valence-corrected chi connectivity index (χ1v) is 8.22. The van der Waals surface area contributed by atoms with Crippen LogP contribution in [0.1, 0.15) is 44.9 Å². The van der Waals surface area contributed by atoms with E-state index < -0.39 is 29.2 Å². The number of piperidine rings is 1. The second-order valence-electron chi connectivity index (χ2n) is 7.34. The third-order valence-electron chi connectivity index (χ3n) is 4.15. The van der Waals surface area contributed by atoms with Crippen LogP contribution in [-0.4, -0.2) is 40.3 Å². The molecule has 1 saturated heterocycles. The van der Waals surface area contributed by atoms with E-state index in [1.807, 2.05) is 0 Å². The number of hydrogen-bond acceptors (Lipinski definition) is 3. The molecule has 2 rings (SSSR count). The number of nitrogens with zero attached hydrogens (tertiary/aromatic N) is 2. The fraction of sp³-hybridized carbons (Fsp3) is 0.556. The number of likely N-dealkylation sites (tertiary alicyclic amines) is 1. The molecule has 0 N–H and O–H groups in total. The van der Waals surface area contributed by atoms with Gasteiger partial charge >= 0.3 is 12.3 Å². The summed E-state index contributed by atoms with van der Waals surface area (Å²) in [5.41, 5.74) is -3.20. The molecule has 1 amide bonds. The second-order valence-corrected chi connectivity index (χ2v) is 7.34. The van der Waals surface area contributed by atoms with Gasteiger partial charge in [0.1, 0.15) is 17.0 Å². The van der Waals surface area contributed by atoms with Gasteiger partial charge in [0.25, 0.3) is 0 Å². The van der Waals surface area contributed by atoms with Crippen molar-refractivity contribution in [2.75, 3.05) is 13.1 Å². The predicted octanol–water partition coefficient (Wildman–Crippen LogP) is 4.85. The zero-order valence-electron chi connectivity index (χ0n) is 15.0. The Labute approximate surface area is 149 Å². The highest BCUT2D eigenvalue weighted by Crippen LogP contribution is 2.39. The molecule has 0 saturated carbocycles. The Balaban J connectivity index is 2.03. The number of carbonyl (C=O) groups is 1. The van der Waals surface area contributed by atoms with E-state index in [0.717, 1.165) is 12.3 Å². The maximum Gasteiger partial charge on any atom is 0.433 e. The van der Waals surface area contributed by atoms with Gasteiger partial charge in [0.15, 0.2) is 0 Å². The zero-order chi connectivity index (χ0) is 19.8. The van der Waals surface area contributed by atoms with E-state index in [1.54, 1.807) is 20.8 Å². The lowest BCUT2D eigenvalue weighted by molar-refractivity contribution is -0.141. The normalized spacial score (nSPS) is 17.7. The summed E-state index contributed by atoms with van der Waals surface area (Å²) in [6, 6.07) is 1.97. The minimum absolute atomic E-state index is 0.00784. The van der Waals surface area contributed by atoms with E-state index in [2.05, 4.69) is 11.6 Å². The number of hydrogen-bond donors (Lipinski definition) is 0. The van der Waals surface area contributed by atoms with Crippen molar-refractivity contribution in [1.29, 1.82) is 0 Å². The van der Waals surface area contributed by atoms with Crippen LogP contribution in [0, 0.1) is 0 Å². The topological polar surface area (TPSA) is 42.4 Å². The molecule has 0 spiro atoms. The van der Waals surface area contributed by atoms with Crippen molar-refractivity contribution < 1.29 is 27.1 Å². The highest BCUT2D eigenvalue weighted by molar-refractivity contribution is 5.72. The van der Waals surface area contributed by atoms with E-state index in [-0.39, 0.29) is 37.1 Å². The summed E-state index contributed by atoms with van der Waals surface area (Å²) in [4.78, 5) is 16.8. The third-order valence-corrected chi connectivity index (χ3v) is 4.15. The van der Waals surface area contributed by atoms with Crippen LogP contribution < -0.4 is 0 Å². The molecule has 2 heterocycles. The first kappa shape index (κ1) is 20.2. The summed E-state index contributed by atoms with van der Waals surface area (Å²) in [7, 11) is 0. The lowest BCUT2D eigenvalue weighted by Crippen LogP contribution is -2.46. The molecular formula is C18H22F4N2O2. The number of allylic oxidation sites excluding steroid dienone is 1. The average Bonchev–Trinajstić information content (AvgIpc) is 2.52. The molecule has 1 aromatic heterocycles. The van der Waals surface area contributed by atoms with Crippen molar-refractivity contribution in [3.8, 4) is 0 Å². The molecule has 0 unspecified atom stereocenters. The van der Waals surface area contributed by atoms with Crippen LogP contribution in [0.2, 0.25) is 0 Å². The van der Waals surface area contributed by atoms with Crippen molar-refractivity contribution in [3.05, 3.63) is 36.2 Å². The Morgan fingerprint density at radius 1 is 1.23 bits per heavy atom. The fourth-order valence-corrected chi connectivity index (χ4v) is 2.67. The van der Waals surface area contributed by atoms with Gasteiger partial charge in [0.05, 0.1) is 0 Å². The number of halogens is 4. The molecular weight excluding hydrogens is 352 g/mol. The summed E-state index contributed by atoms with van der Waals surface area (Å²) in [6.07, 6.45) is -4.10. The number of alkyl halides is 4. The molecule has 0 bridgehead atoms. The predicted molar refractivity (Wildman–Crippen MR) is 89.2 cm³/mol. The van der Waals surface area contributed by atoms with Crippen molar-refractivity contribution in [2.45, 2.75) is 51.1 Å². The first-order chi connectivity index (χ1) is 11.8. The summed E-state index contributed by atoms with van der Waals surface area (Å²) in [5, 5.41) is 0. The van der Waals surface area contributed by atoms with Gasteiger partial charge in [-0.05, 0) is 38.0 Å². The van der Waals surface area contributed by atoms with E-state index in [1.165, 1.54) is 11.0 Å². The second kappa shape index (κ2) is 6.89. The minimum Gasteiger partial charge on any atom is -0.444 e. The molecule has 0 radical (unpaired) electrons. The number of amides is 1. The van der Waals surface area contributed by atoms with Gasteiger partial charge in [-0.2, -0.15) is 13.2 Å². The Bertz CT molecular complexity index is 670. The molecule has 4 nitrogen and oxygen atoms in total. The molecule has 144 valence electrons. The Kier molecular flexibility index (Phi) is 5.35. The fourth-order valence-electron chi connectivity index (χ4n) is 2.67. The Morgan fingerprint density at radius 2 is 1.81 bits per heavy atom. The van der Waals surface area contributed by atoms with E-state index in [4.69, 9.17) is 4.74 Å². The van der Waals surface area contributed by atoms with Crippen LogP contribution in [0.25, 0.3) is 5.57 Å². The first-order valence-electron chi connectivity index (χ1n) is 8.22. The molecule has 1 aliphatic rings. The zero-order valence-corrected chi connectivity index (χ0v) is 15.0. The molecule has 1 fully saturated rings.